The Balaban J connectivity index is 1.74. The van der Waals surface area contributed by atoms with E-state index in [9.17, 15) is 9.50 Å². The van der Waals surface area contributed by atoms with Crippen LogP contribution in [0.3, 0.4) is 0 Å². The zero-order valence-electron chi connectivity index (χ0n) is 14.6. The standard InChI is InChI=1S/C19H24FN3O3/c20-17-3-2-14(10-16(17)13-25)15-4-6-21-18(11-15)23-7-9-26-19(12-23)22-5-1-8-24/h2-4,6,10-11,19,22,24-25H,1,5,7-9,12-13H2. The van der Waals surface area contributed by atoms with E-state index in [-0.39, 0.29) is 25.0 Å². The van der Waals surface area contributed by atoms with Crippen molar-refractivity contribution in [2.24, 2.45) is 0 Å². The number of hydrogen-bond donors (Lipinski definition) is 3. The summed E-state index contributed by atoms with van der Waals surface area (Å²) in [6, 6.07) is 8.57. The van der Waals surface area contributed by atoms with E-state index in [0.717, 1.165) is 23.5 Å². The molecular formula is C19H24FN3O3. The number of ether oxygens (including phenoxy) is 1. The first-order valence-electron chi connectivity index (χ1n) is 8.78. The highest BCUT2D eigenvalue weighted by molar-refractivity contribution is 5.67. The van der Waals surface area contributed by atoms with Gasteiger partial charge in [0.2, 0.25) is 0 Å². The van der Waals surface area contributed by atoms with Crippen LogP contribution in [0, 0.1) is 5.82 Å². The molecule has 3 N–H and O–H groups in total. The minimum Gasteiger partial charge on any atom is -0.396 e. The second kappa shape index (κ2) is 9.05. The van der Waals surface area contributed by atoms with Crippen LogP contribution in [0.5, 0.6) is 0 Å². The van der Waals surface area contributed by atoms with Crippen LogP contribution in [-0.4, -0.2) is 54.3 Å². The number of aliphatic hydroxyl groups excluding tert-OH is 2. The van der Waals surface area contributed by atoms with E-state index in [2.05, 4.69) is 15.2 Å². The molecule has 2 aromatic rings. The van der Waals surface area contributed by atoms with Crippen LogP contribution in [0.1, 0.15) is 12.0 Å². The van der Waals surface area contributed by atoms with Gasteiger partial charge in [-0.3, -0.25) is 5.32 Å². The summed E-state index contributed by atoms with van der Waals surface area (Å²) in [7, 11) is 0. The molecule has 0 spiro atoms. The predicted octanol–water partition coefficient (Wildman–Crippen LogP) is 1.51. The van der Waals surface area contributed by atoms with Crippen LogP contribution in [0.25, 0.3) is 11.1 Å². The summed E-state index contributed by atoms with van der Waals surface area (Å²) >= 11 is 0. The highest BCUT2D eigenvalue weighted by atomic mass is 19.1. The Bertz CT molecular complexity index is 729. The molecule has 1 aromatic heterocycles. The quantitative estimate of drug-likeness (QED) is 0.649. The van der Waals surface area contributed by atoms with Crippen LogP contribution in [-0.2, 0) is 11.3 Å². The first-order chi connectivity index (χ1) is 12.7. The molecule has 6 nitrogen and oxygen atoms in total. The van der Waals surface area contributed by atoms with Gasteiger partial charge in [0.1, 0.15) is 17.9 Å². The number of aliphatic hydroxyl groups is 2. The number of hydrogen-bond acceptors (Lipinski definition) is 6. The van der Waals surface area contributed by atoms with Crippen molar-refractivity contribution in [3.63, 3.8) is 0 Å². The lowest BCUT2D eigenvalue weighted by Gasteiger charge is -2.34. The van der Waals surface area contributed by atoms with Crippen LogP contribution in [0.2, 0.25) is 0 Å². The average molecular weight is 361 g/mol. The molecule has 0 saturated carbocycles. The maximum atomic E-state index is 13.6. The van der Waals surface area contributed by atoms with Gasteiger partial charge in [-0.05, 0) is 48.4 Å². The van der Waals surface area contributed by atoms with Crippen LogP contribution in [0.15, 0.2) is 36.5 Å². The average Bonchev–Trinajstić information content (AvgIpc) is 2.69. The van der Waals surface area contributed by atoms with Crippen molar-refractivity contribution in [1.82, 2.24) is 10.3 Å². The highest BCUT2D eigenvalue weighted by Crippen LogP contribution is 2.25. The van der Waals surface area contributed by atoms with E-state index in [1.807, 2.05) is 12.1 Å². The van der Waals surface area contributed by atoms with Gasteiger partial charge in [-0.2, -0.15) is 0 Å². The molecule has 1 aromatic carbocycles. The number of anilines is 1. The monoisotopic (exact) mass is 361 g/mol. The van der Waals surface area contributed by atoms with E-state index in [1.165, 1.54) is 6.07 Å². The lowest BCUT2D eigenvalue weighted by atomic mass is 10.0. The van der Waals surface area contributed by atoms with E-state index < -0.39 is 5.82 Å². The fourth-order valence-electron chi connectivity index (χ4n) is 2.97. The molecule has 1 aliphatic rings. The molecule has 140 valence electrons. The zero-order chi connectivity index (χ0) is 18.4. The number of aromatic nitrogens is 1. The van der Waals surface area contributed by atoms with Crippen molar-refractivity contribution in [3.8, 4) is 11.1 Å². The third-order valence-corrected chi connectivity index (χ3v) is 4.39. The maximum absolute atomic E-state index is 13.6. The summed E-state index contributed by atoms with van der Waals surface area (Å²) in [5.41, 5.74) is 2.03. The fourth-order valence-corrected chi connectivity index (χ4v) is 2.97. The third kappa shape index (κ3) is 4.56. The molecule has 0 aliphatic carbocycles. The molecule has 1 unspecified atom stereocenters. The molecule has 0 radical (unpaired) electrons. The Morgan fingerprint density at radius 2 is 2.08 bits per heavy atom. The first kappa shape index (κ1) is 18.7. The van der Waals surface area contributed by atoms with Crippen molar-refractivity contribution in [1.29, 1.82) is 0 Å². The largest absolute Gasteiger partial charge is 0.396 e. The number of morpholine rings is 1. The van der Waals surface area contributed by atoms with E-state index in [4.69, 9.17) is 9.84 Å². The van der Waals surface area contributed by atoms with Gasteiger partial charge in [0, 0.05) is 24.9 Å². The van der Waals surface area contributed by atoms with Gasteiger partial charge < -0.3 is 19.8 Å². The molecular weight excluding hydrogens is 337 g/mol. The van der Waals surface area contributed by atoms with Crippen molar-refractivity contribution in [2.45, 2.75) is 19.3 Å². The van der Waals surface area contributed by atoms with Crippen molar-refractivity contribution in [2.75, 3.05) is 37.7 Å². The SMILES string of the molecule is OCCCNC1CN(c2cc(-c3ccc(F)c(CO)c3)ccn2)CCO1. The van der Waals surface area contributed by atoms with Gasteiger partial charge in [-0.1, -0.05) is 6.07 Å². The van der Waals surface area contributed by atoms with Crippen LogP contribution in [0.4, 0.5) is 10.2 Å². The fraction of sp³-hybridized carbons (Fsp3) is 0.421. The van der Waals surface area contributed by atoms with Gasteiger partial charge in [0.15, 0.2) is 0 Å². The second-order valence-corrected chi connectivity index (χ2v) is 6.20. The van der Waals surface area contributed by atoms with Crippen LogP contribution >= 0.6 is 0 Å². The minimum atomic E-state index is -0.407. The molecule has 2 heterocycles. The summed E-state index contributed by atoms with van der Waals surface area (Å²) in [6.45, 7) is 2.51. The number of rotatable bonds is 7. The van der Waals surface area contributed by atoms with Gasteiger partial charge in [-0.25, -0.2) is 9.37 Å². The van der Waals surface area contributed by atoms with Crippen LogP contribution < -0.4 is 10.2 Å². The van der Waals surface area contributed by atoms with E-state index in [0.29, 0.717) is 26.1 Å². The van der Waals surface area contributed by atoms with Crippen molar-refractivity contribution < 1.29 is 19.3 Å². The molecule has 1 fully saturated rings. The molecule has 0 amide bonds. The van der Waals surface area contributed by atoms with E-state index in [1.54, 1.807) is 18.3 Å². The Hall–Kier alpha value is -2.06. The number of nitrogens with zero attached hydrogens (tertiary/aromatic N) is 2. The summed E-state index contributed by atoms with van der Waals surface area (Å²) in [4.78, 5) is 6.60. The summed E-state index contributed by atoms with van der Waals surface area (Å²) in [5, 5.41) is 21.4. The smallest absolute Gasteiger partial charge is 0.129 e. The predicted molar refractivity (Wildman–Crippen MR) is 97.2 cm³/mol. The molecule has 1 atom stereocenters. The number of benzene rings is 1. The number of pyridine rings is 1. The van der Waals surface area contributed by atoms with Crippen molar-refractivity contribution >= 4 is 5.82 Å². The van der Waals surface area contributed by atoms with Gasteiger partial charge in [-0.15, -0.1) is 0 Å². The Labute approximate surface area is 152 Å². The number of nitrogens with one attached hydrogen (secondary N) is 1. The normalized spacial score (nSPS) is 17.5. The Kier molecular flexibility index (Phi) is 6.51. The highest BCUT2D eigenvalue weighted by Gasteiger charge is 2.21. The van der Waals surface area contributed by atoms with Gasteiger partial charge in [0.05, 0.1) is 19.8 Å². The zero-order valence-corrected chi connectivity index (χ0v) is 14.6. The van der Waals surface area contributed by atoms with Gasteiger partial charge >= 0.3 is 0 Å². The second-order valence-electron chi connectivity index (χ2n) is 6.20. The summed E-state index contributed by atoms with van der Waals surface area (Å²) in [5.74, 6) is 0.421. The molecule has 0 bridgehead atoms. The van der Waals surface area contributed by atoms with Gasteiger partial charge in [0.25, 0.3) is 0 Å². The number of halogens is 1. The van der Waals surface area contributed by atoms with Crippen molar-refractivity contribution in [3.05, 3.63) is 47.9 Å². The van der Waals surface area contributed by atoms with E-state index >= 15 is 0 Å². The first-order valence-corrected chi connectivity index (χ1v) is 8.78. The molecule has 1 saturated heterocycles. The lowest BCUT2D eigenvalue weighted by Crippen LogP contribution is -2.49. The molecule has 7 heteroatoms. The molecule has 3 rings (SSSR count). The minimum absolute atomic E-state index is 0.104. The topological polar surface area (TPSA) is 77.9 Å². The third-order valence-electron chi connectivity index (χ3n) is 4.39. The summed E-state index contributed by atoms with van der Waals surface area (Å²) < 4.78 is 19.3. The Morgan fingerprint density at radius 1 is 1.23 bits per heavy atom. The maximum Gasteiger partial charge on any atom is 0.129 e. The molecule has 26 heavy (non-hydrogen) atoms. The molecule has 1 aliphatic heterocycles. The lowest BCUT2D eigenvalue weighted by molar-refractivity contribution is 0.0173. The summed E-state index contributed by atoms with van der Waals surface area (Å²) in [6.07, 6.45) is 2.31. The Morgan fingerprint density at radius 3 is 2.88 bits per heavy atom.